The summed E-state index contributed by atoms with van der Waals surface area (Å²) in [6.07, 6.45) is -0.698. The summed E-state index contributed by atoms with van der Waals surface area (Å²) >= 11 is 6.22. The smallest absolute Gasteiger partial charge is 1.00 e. The normalized spacial score (nSPS) is 11.1. The molecule has 0 fully saturated rings. The van der Waals surface area contributed by atoms with E-state index in [-0.39, 0.29) is 76.0 Å². The molecule has 34 heavy (non-hydrogen) atoms. The van der Waals surface area contributed by atoms with E-state index in [9.17, 15) is 22.4 Å². The van der Waals surface area contributed by atoms with E-state index in [2.05, 4.69) is 9.44 Å². The van der Waals surface area contributed by atoms with E-state index in [1.165, 1.54) is 50.3 Å². The first-order chi connectivity index (χ1) is 15.5. The monoisotopic (exact) mass is 521 g/mol. The molecule has 3 aromatic rings. The zero-order valence-electron chi connectivity index (χ0n) is 19.9. The molecule has 0 radical (unpaired) electrons. The first-order valence-electron chi connectivity index (χ1n) is 9.58. The molecule has 178 valence electrons. The number of nitrogens with zero attached hydrogens (tertiary/aromatic N) is 1. The van der Waals surface area contributed by atoms with Crippen molar-refractivity contribution in [3.05, 3.63) is 68.5 Å². The summed E-state index contributed by atoms with van der Waals surface area (Å²) in [6.45, 7) is -0.976. The van der Waals surface area contributed by atoms with Gasteiger partial charge in [0.15, 0.2) is 5.75 Å². The van der Waals surface area contributed by atoms with E-state index in [0.29, 0.717) is 5.56 Å². The molecule has 1 heterocycles. The summed E-state index contributed by atoms with van der Waals surface area (Å²) in [6, 6.07) is 8.96. The van der Waals surface area contributed by atoms with Crippen molar-refractivity contribution in [1.29, 1.82) is 0 Å². The Morgan fingerprint density at radius 1 is 1.24 bits per heavy atom. The first kappa shape index (κ1) is 28.1. The fourth-order valence-electron chi connectivity index (χ4n) is 3.05. The number of fused-ring (bicyclic) bond motifs is 1. The van der Waals surface area contributed by atoms with Gasteiger partial charge in [-0.15, -0.1) is 0 Å². The van der Waals surface area contributed by atoms with Crippen molar-refractivity contribution in [2.24, 2.45) is 0 Å². The number of carbonyl (C=O) groups excluding carboxylic acids is 1. The van der Waals surface area contributed by atoms with Gasteiger partial charge in [0, 0.05) is 50.1 Å². The predicted octanol–water partition coefficient (Wildman–Crippen LogP) is 0.560. The van der Waals surface area contributed by atoms with Gasteiger partial charge in [-0.1, -0.05) is 23.7 Å². The number of benzene rings is 2. The van der Waals surface area contributed by atoms with Gasteiger partial charge in [-0.05, 0) is 23.8 Å². The Labute approximate surface area is 224 Å². The van der Waals surface area contributed by atoms with E-state index < -0.39 is 28.6 Å². The van der Waals surface area contributed by atoms with Gasteiger partial charge >= 0.3 is 41.3 Å². The Hall–Kier alpha value is -2.15. The van der Waals surface area contributed by atoms with Gasteiger partial charge in [-0.3, -0.25) is 4.72 Å². The molecule has 3 rings (SSSR count). The Morgan fingerprint density at radius 2 is 1.94 bits per heavy atom. The molecule has 0 spiro atoms. The van der Waals surface area contributed by atoms with Gasteiger partial charge in [0.1, 0.15) is 12.3 Å². The minimum Gasteiger partial charge on any atom is -1.00 e. The molecule has 0 saturated carbocycles. The number of hydrogen-bond acceptors (Lipinski definition) is 6. The number of hydrogen-bond donors (Lipinski definition) is 2. The SMILES string of the molecule is CNS(=O)(=O)Nc1cccc(Cc2c(CF)c3cc(Cl)c(OC(=O)N(C)C)cc3oc2=O)c1.[H-].[Na+]. The summed E-state index contributed by atoms with van der Waals surface area (Å²) in [7, 11) is 0.512. The van der Waals surface area contributed by atoms with Crippen LogP contribution in [0, 0.1) is 0 Å². The van der Waals surface area contributed by atoms with E-state index in [4.69, 9.17) is 20.8 Å². The van der Waals surface area contributed by atoms with Gasteiger partial charge in [-0.2, -0.15) is 8.42 Å². The van der Waals surface area contributed by atoms with Crippen LogP contribution >= 0.6 is 11.6 Å². The number of ether oxygens (including phenoxy) is 1. The van der Waals surface area contributed by atoms with Gasteiger partial charge in [-0.25, -0.2) is 18.7 Å². The van der Waals surface area contributed by atoms with Crippen LogP contribution in [-0.4, -0.2) is 40.6 Å². The number of halogens is 2. The van der Waals surface area contributed by atoms with Gasteiger partial charge in [0.05, 0.1) is 10.7 Å². The third-order valence-electron chi connectivity index (χ3n) is 4.70. The molecule has 0 aliphatic heterocycles. The van der Waals surface area contributed by atoms with Crippen LogP contribution in [-0.2, 0) is 23.3 Å². The topological polar surface area (TPSA) is 118 Å². The largest absolute Gasteiger partial charge is 1.00 e. The molecule has 1 aromatic heterocycles. The third kappa shape index (κ3) is 6.49. The van der Waals surface area contributed by atoms with Crippen molar-refractivity contribution in [1.82, 2.24) is 9.62 Å². The molecule has 2 N–H and O–H groups in total. The Balaban J connectivity index is 0.00000306. The van der Waals surface area contributed by atoms with E-state index >= 15 is 0 Å². The molecule has 2 aromatic carbocycles. The quantitative estimate of drug-likeness (QED) is 0.346. The van der Waals surface area contributed by atoms with Crippen molar-refractivity contribution >= 4 is 44.6 Å². The van der Waals surface area contributed by atoms with Gasteiger partial charge < -0.3 is 15.5 Å². The zero-order valence-corrected chi connectivity index (χ0v) is 22.5. The maximum atomic E-state index is 14.1. The summed E-state index contributed by atoms with van der Waals surface area (Å²) in [5.41, 5.74) is 0.198. The van der Waals surface area contributed by atoms with Crippen LogP contribution in [0.5, 0.6) is 5.75 Å². The molecular formula is C21H22ClFN3NaO6S. The molecule has 0 saturated heterocycles. The van der Waals surface area contributed by atoms with Crippen molar-refractivity contribution in [3.8, 4) is 5.75 Å². The van der Waals surface area contributed by atoms with Crippen molar-refractivity contribution in [2.45, 2.75) is 13.1 Å². The molecule has 0 bridgehead atoms. The minimum absolute atomic E-state index is 0. The first-order valence-corrected chi connectivity index (χ1v) is 11.4. The van der Waals surface area contributed by atoms with Crippen molar-refractivity contribution in [2.75, 3.05) is 25.9 Å². The average Bonchev–Trinajstić information content (AvgIpc) is 2.75. The summed E-state index contributed by atoms with van der Waals surface area (Å²) in [5, 5.41) is 0.296. The predicted molar refractivity (Wildman–Crippen MR) is 124 cm³/mol. The number of rotatable bonds is 7. The number of anilines is 1. The molecule has 1 amide bonds. The standard InChI is InChI=1S/C21H21ClFN3O6S.Na.H/c1-24-33(29,30)25-13-6-4-5-12(7-13)8-15-16(11-23)14-9-17(22)19(32-21(28)26(2)3)10-18(14)31-20(15)27;;/h4-7,9-10,24-25H,8,11H2,1-3H3;;/q;+1;-1. The minimum atomic E-state index is -3.73. The summed E-state index contributed by atoms with van der Waals surface area (Å²) in [4.78, 5) is 25.7. The third-order valence-corrected chi connectivity index (χ3v) is 6.03. The van der Waals surface area contributed by atoms with Gasteiger partial charge in [0.25, 0.3) is 10.2 Å². The number of amides is 1. The maximum Gasteiger partial charge on any atom is 1.00 e. The van der Waals surface area contributed by atoms with Crippen LogP contribution in [0.1, 0.15) is 18.1 Å². The summed E-state index contributed by atoms with van der Waals surface area (Å²) in [5.74, 6) is -0.0342. The second-order valence-electron chi connectivity index (χ2n) is 7.21. The van der Waals surface area contributed by atoms with Gasteiger partial charge in [0.2, 0.25) is 0 Å². The molecule has 9 nitrogen and oxygen atoms in total. The second-order valence-corrected chi connectivity index (χ2v) is 9.23. The van der Waals surface area contributed by atoms with E-state index in [0.717, 1.165) is 0 Å². The average molecular weight is 522 g/mol. The van der Waals surface area contributed by atoms with Crippen LogP contribution in [0.15, 0.2) is 45.6 Å². The van der Waals surface area contributed by atoms with Crippen molar-refractivity contribution < 1.29 is 57.7 Å². The van der Waals surface area contributed by atoms with Crippen LogP contribution in [0.25, 0.3) is 11.0 Å². The van der Waals surface area contributed by atoms with Crippen molar-refractivity contribution in [3.63, 3.8) is 0 Å². The molecule has 0 aliphatic carbocycles. The number of alkyl halides is 1. The molecule has 0 aliphatic rings. The maximum absolute atomic E-state index is 14.1. The Bertz CT molecular complexity index is 1390. The summed E-state index contributed by atoms with van der Waals surface area (Å²) < 4.78 is 52.5. The fourth-order valence-corrected chi connectivity index (χ4v) is 3.79. The Morgan fingerprint density at radius 3 is 2.56 bits per heavy atom. The van der Waals surface area contributed by atoms with Crippen LogP contribution < -0.4 is 49.4 Å². The van der Waals surface area contributed by atoms with E-state index in [1.807, 2.05) is 0 Å². The van der Waals surface area contributed by atoms with Crippen LogP contribution in [0.2, 0.25) is 5.02 Å². The van der Waals surface area contributed by atoms with E-state index in [1.54, 1.807) is 12.1 Å². The van der Waals surface area contributed by atoms with Crippen LogP contribution in [0.4, 0.5) is 14.9 Å². The zero-order chi connectivity index (χ0) is 24.3. The number of carbonyl (C=O) groups is 1. The molecule has 13 heteroatoms. The van der Waals surface area contributed by atoms with Crippen LogP contribution in [0.3, 0.4) is 0 Å². The Kier molecular flexibility index (Phi) is 9.52. The molecule has 0 atom stereocenters. The molecular weight excluding hydrogens is 500 g/mol. The second kappa shape index (κ2) is 11.5. The number of nitrogens with one attached hydrogen (secondary N) is 2. The molecule has 0 unspecified atom stereocenters. The fraction of sp³-hybridized carbons (Fsp3) is 0.238.